The standard InChI is InChI=1S/C18H15F4N5O/c19-12-3-1-2-10(6-12)15-11(7-23-26-15)8-27-5-4-14-13(9-27)16(28)25-17(24-14)18(20,21)22/h1-3,6-7H,4-5,8-9H2,(H,23,26)(H,24,25,28). The molecule has 1 aliphatic rings. The van der Waals surface area contributed by atoms with Crippen molar-refractivity contribution >= 4 is 0 Å². The Morgan fingerprint density at radius 2 is 2.07 bits per heavy atom. The zero-order chi connectivity index (χ0) is 19.9. The third kappa shape index (κ3) is 3.55. The number of H-pyrrole nitrogens is 2. The molecule has 28 heavy (non-hydrogen) atoms. The van der Waals surface area contributed by atoms with Gasteiger partial charge in [-0.05, 0) is 12.1 Å². The summed E-state index contributed by atoms with van der Waals surface area (Å²) >= 11 is 0. The largest absolute Gasteiger partial charge is 0.449 e. The molecule has 0 atom stereocenters. The first-order valence-electron chi connectivity index (χ1n) is 8.51. The van der Waals surface area contributed by atoms with Gasteiger partial charge < -0.3 is 4.98 Å². The van der Waals surface area contributed by atoms with Crippen molar-refractivity contribution in [1.29, 1.82) is 0 Å². The van der Waals surface area contributed by atoms with Crippen LogP contribution in [-0.2, 0) is 25.7 Å². The Kier molecular flexibility index (Phi) is 4.50. The number of alkyl halides is 3. The average Bonchev–Trinajstić information content (AvgIpc) is 3.09. The van der Waals surface area contributed by atoms with Crippen LogP contribution in [0.3, 0.4) is 0 Å². The Hall–Kier alpha value is -3.01. The number of nitrogens with one attached hydrogen (secondary N) is 2. The summed E-state index contributed by atoms with van der Waals surface area (Å²) in [5.74, 6) is -1.64. The molecule has 3 aromatic rings. The zero-order valence-electron chi connectivity index (χ0n) is 14.5. The molecule has 0 amide bonds. The molecular formula is C18H15F4N5O. The summed E-state index contributed by atoms with van der Waals surface area (Å²) in [6.07, 6.45) is -2.84. The van der Waals surface area contributed by atoms with Gasteiger partial charge in [-0.25, -0.2) is 9.37 Å². The van der Waals surface area contributed by atoms with Gasteiger partial charge in [-0.1, -0.05) is 12.1 Å². The molecule has 10 heteroatoms. The Morgan fingerprint density at radius 1 is 1.25 bits per heavy atom. The summed E-state index contributed by atoms with van der Waals surface area (Å²) in [6.45, 7) is 1.01. The number of fused-ring (bicyclic) bond motifs is 1. The molecule has 1 aromatic carbocycles. The number of aromatic amines is 2. The minimum absolute atomic E-state index is 0.170. The van der Waals surface area contributed by atoms with Gasteiger partial charge in [-0.15, -0.1) is 0 Å². The van der Waals surface area contributed by atoms with Crippen molar-refractivity contribution in [2.75, 3.05) is 6.54 Å². The molecule has 146 valence electrons. The van der Waals surface area contributed by atoms with Gasteiger partial charge in [-0.3, -0.25) is 14.8 Å². The Balaban J connectivity index is 1.57. The second-order valence-electron chi connectivity index (χ2n) is 6.58. The lowest BCUT2D eigenvalue weighted by atomic mass is 10.0. The van der Waals surface area contributed by atoms with Crippen LogP contribution in [-0.4, -0.2) is 31.6 Å². The van der Waals surface area contributed by atoms with E-state index in [9.17, 15) is 22.4 Å². The van der Waals surface area contributed by atoms with E-state index in [0.717, 1.165) is 5.56 Å². The summed E-state index contributed by atoms with van der Waals surface area (Å²) < 4.78 is 52.0. The normalized spacial score (nSPS) is 14.9. The van der Waals surface area contributed by atoms with Crippen molar-refractivity contribution < 1.29 is 17.6 Å². The predicted octanol–water partition coefficient (Wildman–Crippen LogP) is 2.88. The number of rotatable bonds is 3. The fraction of sp³-hybridized carbons (Fsp3) is 0.278. The Morgan fingerprint density at radius 3 is 2.82 bits per heavy atom. The van der Waals surface area contributed by atoms with Gasteiger partial charge in [0.05, 0.1) is 23.1 Å². The number of benzene rings is 1. The van der Waals surface area contributed by atoms with Gasteiger partial charge in [0.25, 0.3) is 5.56 Å². The van der Waals surface area contributed by atoms with E-state index in [1.807, 2.05) is 9.88 Å². The van der Waals surface area contributed by atoms with Crippen LogP contribution >= 0.6 is 0 Å². The minimum atomic E-state index is -4.69. The molecule has 0 fully saturated rings. The topological polar surface area (TPSA) is 77.7 Å². The fourth-order valence-corrected chi connectivity index (χ4v) is 3.32. The molecule has 0 unspecified atom stereocenters. The van der Waals surface area contributed by atoms with Crippen molar-refractivity contribution in [2.45, 2.75) is 25.7 Å². The summed E-state index contributed by atoms with van der Waals surface area (Å²) in [4.78, 5) is 19.4. The summed E-state index contributed by atoms with van der Waals surface area (Å²) in [6, 6.07) is 6.07. The molecule has 0 radical (unpaired) electrons. The van der Waals surface area contributed by atoms with Crippen molar-refractivity contribution in [3.05, 3.63) is 69.3 Å². The van der Waals surface area contributed by atoms with E-state index >= 15 is 0 Å². The smallest absolute Gasteiger partial charge is 0.303 e. The summed E-state index contributed by atoms with van der Waals surface area (Å²) in [5, 5.41) is 6.86. The van der Waals surface area contributed by atoms with Crippen LogP contribution in [0.15, 0.2) is 35.3 Å². The average molecular weight is 393 g/mol. The third-order valence-corrected chi connectivity index (χ3v) is 4.64. The minimum Gasteiger partial charge on any atom is -0.303 e. The monoisotopic (exact) mass is 393 g/mol. The van der Waals surface area contributed by atoms with Crippen LogP contribution < -0.4 is 5.56 Å². The fourth-order valence-electron chi connectivity index (χ4n) is 3.32. The van der Waals surface area contributed by atoms with E-state index < -0.39 is 17.6 Å². The van der Waals surface area contributed by atoms with E-state index in [2.05, 4.69) is 15.2 Å². The maximum Gasteiger partial charge on any atom is 0.449 e. The van der Waals surface area contributed by atoms with Crippen molar-refractivity contribution in [2.24, 2.45) is 0 Å². The third-order valence-electron chi connectivity index (χ3n) is 4.64. The highest BCUT2D eigenvalue weighted by Crippen LogP contribution is 2.28. The van der Waals surface area contributed by atoms with Gasteiger partial charge in [0, 0.05) is 37.2 Å². The number of aromatic nitrogens is 4. The highest BCUT2D eigenvalue weighted by atomic mass is 19.4. The van der Waals surface area contributed by atoms with E-state index in [1.54, 1.807) is 18.3 Å². The van der Waals surface area contributed by atoms with Gasteiger partial charge >= 0.3 is 6.18 Å². The van der Waals surface area contributed by atoms with Crippen LogP contribution in [0.4, 0.5) is 17.6 Å². The zero-order valence-corrected chi connectivity index (χ0v) is 14.5. The molecule has 2 N–H and O–H groups in total. The van der Waals surface area contributed by atoms with Gasteiger partial charge in [0.2, 0.25) is 5.82 Å². The predicted molar refractivity (Wildman–Crippen MR) is 91.7 cm³/mol. The van der Waals surface area contributed by atoms with Crippen LogP contribution in [0.2, 0.25) is 0 Å². The molecule has 2 aromatic heterocycles. The quantitative estimate of drug-likeness (QED) is 0.671. The second kappa shape index (κ2) is 6.86. The first-order valence-corrected chi connectivity index (χ1v) is 8.51. The molecule has 0 saturated carbocycles. The maximum absolute atomic E-state index is 13.5. The molecule has 0 saturated heterocycles. The molecule has 0 aliphatic carbocycles. The first-order chi connectivity index (χ1) is 13.3. The second-order valence-corrected chi connectivity index (χ2v) is 6.58. The molecule has 4 rings (SSSR count). The van der Waals surface area contributed by atoms with Crippen LogP contribution in [0.25, 0.3) is 11.3 Å². The Bertz CT molecular complexity index is 1070. The lowest BCUT2D eigenvalue weighted by Gasteiger charge is -2.27. The van der Waals surface area contributed by atoms with Gasteiger partial charge in [-0.2, -0.15) is 18.3 Å². The lowest BCUT2D eigenvalue weighted by molar-refractivity contribution is -0.145. The van der Waals surface area contributed by atoms with Crippen molar-refractivity contribution in [3.63, 3.8) is 0 Å². The molecular weight excluding hydrogens is 378 g/mol. The molecule has 0 bridgehead atoms. The van der Waals surface area contributed by atoms with E-state index in [0.29, 0.717) is 24.3 Å². The molecule has 6 nitrogen and oxygen atoms in total. The van der Waals surface area contributed by atoms with Gasteiger partial charge in [0.1, 0.15) is 5.82 Å². The van der Waals surface area contributed by atoms with Crippen molar-refractivity contribution in [3.8, 4) is 11.3 Å². The molecule has 0 spiro atoms. The SMILES string of the molecule is O=c1[nH]c(C(F)(F)F)nc2c1CN(Cc1cn[nH]c1-c1cccc(F)c1)CC2. The number of nitrogens with zero attached hydrogens (tertiary/aromatic N) is 3. The van der Waals surface area contributed by atoms with Gasteiger partial charge in [0.15, 0.2) is 0 Å². The van der Waals surface area contributed by atoms with Crippen LogP contribution in [0, 0.1) is 5.82 Å². The highest BCUT2D eigenvalue weighted by molar-refractivity contribution is 5.62. The molecule has 1 aliphatic heterocycles. The lowest BCUT2D eigenvalue weighted by Crippen LogP contribution is -2.36. The highest BCUT2D eigenvalue weighted by Gasteiger charge is 2.36. The maximum atomic E-state index is 13.5. The van der Waals surface area contributed by atoms with Crippen LogP contribution in [0.1, 0.15) is 22.6 Å². The summed E-state index contributed by atoms with van der Waals surface area (Å²) in [7, 11) is 0. The van der Waals surface area contributed by atoms with E-state index in [4.69, 9.17) is 0 Å². The number of hydrogen-bond donors (Lipinski definition) is 2. The Labute approximate surface area is 156 Å². The summed E-state index contributed by atoms with van der Waals surface area (Å²) in [5.41, 5.74) is 1.72. The number of hydrogen-bond acceptors (Lipinski definition) is 4. The van der Waals surface area contributed by atoms with E-state index in [1.165, 1.54) is 12.1 Å². The first kappa shape index (κ1) is 18.4. The van der Waals surface area contributed by atoms with Crippen molar-refractivity contribution in [1.82, 2.24) is 25.1 Å². The van der Waals surface area contributed by atoms with E-state index in [-0.39, 0.29) is 30.0 Å². The number of halogens is 4. The van der Waals surface area contributed by atoms with Crippen LogP contribution in [0.5, 0.6) is 0 Å². The molecule has 3 heterocycles.